The molecular weight excluding hydrogens is 262 g/mol. The first-order valence-electron chi connectivity index (χ1n) is 7.38. The van der Waals surface area contributed by atoms with Crippen LogP contribution in [0.15, 0.2) is 48.7 Å². The third kappa shape index (κ3) is 3.21. The van der Waals surface area contributed by atoms with Crippen molar-refractivity contribution >= 4 is 17.3 Å². The van der Waals surface area contributed by atoms with Crippen LogP contribution in [0.5, 0.6) is 0 Å². The number of hydrogen-bond acceptors (Lipinski definition) is 3. The van der Waals surface area contributed by atoms with Gasteiger partial charge in [-0.1, -0.05) is 18.2 Å². The van der Waals surface area contributed by atoms with E-state index in [1.54, 1.807) is 6.20 Å². The van der Waals surface area contributed by atoms with Gasteiger partial charge in [-0.3, -0.25) is 9.78 Å². The van der Waals surface area contributed by atoms with E-state index in [1.165, 1.54) is 0 Å². The predicted octanol–water partition coefficient (Wildman–Crippen LogP) is 2.86. The molecule has 1 aromatic heterocycles. The second-order valence-electron chi connectivity index (χ2n) is 5.16. The van der Waals surface area contributed by atoms with Crippen molar-refractivity contribution in [2.45, 2.75) is 19.3 Å². The molecule has 0 radical (unpaired) electrons. The van der Waals surface area contributed by atoms with E-state index in [-0.39, 0.29) is 5.91 Å². The normalized spacial score (nSPS) is 14.0. The van der Waals surface area contributed by atoms with Crippen molar-refractivity contribution in [3.63, 3.8) is 0 Å². The zero-order valence-electron chi connectivity index (χ0n) is 12.0. The lowest BCUT2D eigenvalue weighted by atomic mass is 10.2. The topological polar surface area (TPSA) is 45.2 Å². The van der Waals surface area contributed by atoms with Crippen LogP contribution in [0.2, 0.25) is 0 Å². The molecule has 1 amide bonds. The van der Waals surface area contributed by atoms with E-state index in [0.29, 0.717) is 12.8 Å². The Morgan fingerprint density at radius 1 is 1.19 bits per heavy atom. The lowest BCUT2D eigenvalue weighted by molar-refractivity contribution is -0.118. The molecule has 4 nitrogen and oxygen atoms in total. The summed E-state index contributed by atoms with van der Waals surface area (Å²) in [4.78, 5) is 18.7. The predicted molar refractivity (Wildman–Crippen MR) is 84.5 cm³/mol. The van der Waals surface area contributed by atoms with E-state index >= 15 is 0 Å². The Hall–Kier alpha value is -2.36. The summed E-state index contributed by atoms with van der Waals surface area (Å²) < 4.78 is 0. The molecule has 1 aliphatic rings. The standard InChI is InChI=1S/C17H19N3O/c21-17(10-9-14-6-3-4-11-18-14)20-13-5-12-19-15-7-1-2-8-16(15)20/h1-4,6-8,11,19H,5,9-10,12-13H2. The van der Waals surface area contributed by atoms with Gasteiger partial charge in [0.05, 0.1) is 11.4 Å². The van der Waals surface area contributed by atoms with Gasteiger partial charge in [0, 0.05) is 31.4 Å². The van der Waals surface area contributed by atoms with Crippen LogP contribution in [0, 0.1) is 0 Å². The van der Waals surface area contributed by atoms with Gasteiger partial charge in [-0.05, 0) is 37.1 Å². The third-order valence-electron chi connectivity index (χ3n) is 3.69. The molecule has 2 aromatic rings. The summed E-state index contributed by atoms with van der Waals surface area (Å²) in [6, 6.07) is 13.8. The van der Waals surface area contributed by atoms with Crippen LogP contribution in [-0.2, 0) is 11.2 Å². The minimum Gasteiger partial charge on any atom is -0.383 e. The number of nitrogens with zero attached hydrogens (tertiary/aromatic N) is 2. The van der Waals surface area contributed by atoms with E-state index in [4.69, 9.17) is 0 Å². The molecule has 21 heavy (non-hydrogen) atoms. The number of hydrogen-bond donors (Lipinski definition) is 1. The number of aromatic nitrogens is 1. The van der Waals surface area contributed by atoms with Gasteiger partial charge in [-0.25, -0.2) is 0 Å². The lowest BCUT2D eigenvalue weighted by Gasteiger charge is -2.22. The van der Waals surface area contributed by atoms with E-state index < -0.39 is 0 Å². The molecule has 108 valence electrons. The number of amides is 1. The number of fused-ring (bicyclic) bond motifs is 1. The lowest BCUT2D eigenvalue weighted by Crippen LogP contribution is -2.31. The number of carbonyl (C=O) groups excluding carboxylic acids is 1. The molecule has 0 bridgehead atoms. The molecule has 0 atom stereocenters. The summed E-state index contributed by atoms with van der Waals surface area (Å²) >= 11 is 0. The van der Waals surface area contributed by atoms with Gasteiger partial charge in [-0.2, -0.15) is 0 Å². The first-order chi connectivity index (χ1) is 10.3. The monoisotopic (exact) mass is 281 g/mol. The molecule has 1 N–H and O–H groups in total. The maximum atomic E-state index is 12.6. The van der Waals surface area contributed by atoms with Gasteiger partial charge in [0.2, 0.25) is 5.91 Å². The molecule has 0 aliphatic carbocycles. The molecule has 2 heterocycles. The first kappa shape index (κ1) is 13.6. The zero-order chi connectivity index (χ0) is 14.5. The van der Waals surface area contributed by atoms with E-state index in [1.807, 2.05) is 47.4 Å². The van der Waals surface area contributed by atoms with Crippen LogP contribution < -0.4 is 10.2 Å². The number of aryl methyl sites for hydroxylation is 1. The number of anilines is 2. The summed E-state index contributed by atoms with van der Waals surface area (Å²) in [5.41, 5.74) is 2.99. The minimum atomic E-state index is 0.164. The van der Waals surface area contributed by atoms with E-state index in [9.17, 15) is 4.79 Å². The third-order valence-corrected chi connectivity index (χ3v) is 3.69. The molecule has 0 saturated heterocycles. The Morgan fingerprint density at radius 3 is 2.90 bits per heavy atom. The Kier molecular flexibility index (Phi) is 4.15. The smallest absolute Gasteiger partial charge is 0.227 e. The van der Waals surface area contributed by atoms with E-state index in [2.05, 4.69) is 10.3 Å². The summed E-state index contributed by atoms with van der Waals surface area (Å²) in [7, 11) is 0. The van der Waals surface area contributed by atoms with Crippen molar-refractivity contribution in [3.05, 3.63) is 54.4 Å². The molecule has 1 aromatic carbocycles. The van der Waals surface area contributed by atoms with Crippen molar-refractivity contribution in [1.29, 1.82) is 0 Å². The SMILES string of the molecule is O=C(CCc1ccccn1)N1CCCNc2ccccc21. The zero-order valence-corrected chi connectivity index (χ0v) is 12.0. The number of rotatable bonds is 3. The molecule has 0 unspecified atom stereocenters. The number of benzene rings is 1. The van der Waals surface area contributed by atoms with Gasteiger partial charge in [0.1, 0.15) is 0 Å². The second kappa shape index (κ2) is 6.39. The maximum absolute atomic E-state index is 12.6. The van der Waals surface area contributed by atoms with Crippen LogP contribution in [0.25, 0.3) is 0 Å². The number of nitrogens with one attached hydrogen (secondary N) is 1. The minimum absolute atomic E-state index is 0.164. The molecule has 0 fully saturated rings. The van der Waals surface area contributed by atoms with Crippen molar-refractivity contribution in [1.82, 2.24) is 4.98 Å². The largest absolute Gasteiger partial charge is 0.383 e. The van der Waals surface area contributed by atoms with Gasteiger partial charge in [0.15, 0.2) is 0 Å². The highest BCUT2D eigenvalue weighted by molar-refractivity contribution is 5.97. The van der Waals surface area contributed by atoms with Crippen molar-refractivity contribution in [2.75, 3.05) is 23.3 Å². The van der Waals surface area contributed by atoms with Crippen LogP contribution in [-0.4, -0.2) is 24.0 Å². The highest BCUT2D eigenvalue weighted by atomic mass is 16.2. The van der Waals surface area contributed by atoms with Gasteiger partial charge in [-0.15, -0.1) is 0 Å². The Morgan fingerprint density at radius 2 is 2.05 bits per heavy atom. The summed E-state index contributed by atoms with van der Waals surface area (Å²) in [6.07, 6.45) is 3.91. The Balaban J connectivity index is 1.72. The Labute approximate surface area is 124 Å². The first-order valence-corrected chi connectivity index (χ1v) is 7.38. The maximum Gasteiger partial charge on any atom is 0.227 e. The number of para-hydroxylation sites is 2. The average Bonchev–Trinajstić information content (AvgIpc) is 2.76. The van der Waals surface area contributed by atoms with Crippen LogP contribution in [0.3, 0.4) is 0 Å². The van der Waals surface area contributed by atoms with Crippen molar-refractivity contribution in [2.24, 2.45) is 0 Å². The fourth-order valence-corrected chi connectivity index (χ4v) is 2.61. The number of pyridine rings is 1. The molecular formula is C17H19N3O. The fraction of sp³-hybridized carbons (Fsp3) is 0.294. The summed E-state index contributed by atoms with van der Waals surface area (Å²) in [5, 5.41) is 3.38. The van der Waals surface area contributed by atoms with Gasteiger partial charge in [0.25, 0.3) is 0 Å². The van der Waals surface area contributed by atoms with Gasteiger partial charge >= 0.3 is 0 Å². The van der Waals surface area contributed by atoms with E-state index in [0.717, 1.165) is 36.6 Å². The summed E-state index contributed by atoms with van der Waals surface area (Å²) in [6.45, 7) is 1.67. The average molecular weight is 281 g/mol. The van der Waals surface area contributed by atoms with Crippen LogP contribution in [0.4, 0.5) is 11.4 Å². The fourth-order valence-electron chi connectivity index (χ4n) is 2.61. The quantitative estimate of drug-likeness (QED) is 0.941. The molecule has 1 aliphatic heterocycles. The molecule has 3 rings (SSSR count). The van der Waals surface area contributed by atoms with Gasteiger partial charge < -0.3 is 10.2 Å². The number of carbonyl (C=O) groups is 1. The second-order valence-corrected chi connectivity index (χ2v) is 5.16. The van der Waals surface area contributed by atoms with Crippen LogP contribution >= 0.6 is 0 Å². The molecule has 4 heteroatoms. The van der Waals surface area contributed by atoms with Crippen LogP contribution in [0.1, 0.15) is 18.5 Å². The van der Waals surface area contributed by atoms with Crippen molar-refractivity contribution < 1.29 is 4.79 Å². The molecule has 0 saturated carbocycles. The molecule has 0 spiro atoms. The Bertz CT molecular complexity index is 612. The van der Waals surface area contributed by atoms with Crippen molar-refractivity contribution in [3.8, 4) is 0 Å². The summed E-state index contributed by atoms with van der Waals surface area (Å²) in [5.74, 6) is 0.164. The highest BCUT2D eigenvalue weighted by Crippen LogP contribution is 2.28. The highest BCUT2D eigenvalue weighted by Gasteiger charge is 2.20.